The molecule has 0 aliphatic heterocycles. The Hall–Kier alpha value is -3.35. The van der Waals surface area contributed by atoms with Gasteiger partial charge in [-0.1, -0.05) is 18.2 Å². The number of hydrogen-bond donors (Lipinski definition) is 2. The van der Waals surface area contributed by atoms with E-state index in [1.807, 2.05) is 38.1 Å². The topological polar surface area (TPSA) is 81.0 Å². The summed E-state index contributed by atoms with van der Waals surface area (Å²) in [5.41, 5.74) is 8.35. The van der Waals surface area contributed by atoms with Gasteiger partial charge in [0, 0.05) is 13.2 Å². The van der Waals surface area contributed by atoms with Gasteiger partial charge in [-0.15, -0.1) is 0 Å². The first-order chi connectivity index (χ1) is 12.0. The van der Waals surface area contributed by atoms with E-state index in [1.165, 1.54) is 6.20 Å². The minimum Gasteiger partial charge on any atom is -0.347 e. The van der Waals surface area contributed by atoms with Crippen molar-refractivity contribution >= 4 is 11.8 Å². The van der Waals surface area contributed by atoms with Crippen LogP contribution in [0.25, 0.3) is 5.69 Å². The van der Waals surface area contributed by atoms with Crippen molar-refractivity contribution in [3.63, 3.8) is 0 Å². The van der Waals surface area contributed by atoms with Crippen molar-refractivity contribution in [2.45, 2.75) is 13.8 Å². The summed E-state index contributed by atoms with van der Waals surface area (Å²) in [6, 6.07) is 11.2. The van der Waals surface area contributed by atoms with E-state index in [0.717, 1.165) is 11.3 Å². The summed E-state index contributed by atoms with van der Waals surface area (Å²) >= 11 is 0. The standard InChI is InChI=1S/C18H19N5O2/c1-12-7-4-5-8-15(12)23-13(2)14(11-19-23)17(24)20-21-18(25)16-9-6-10-22(16)3/h4-11H,1-3H3,(H,20,24)(H,21,25). The summed E-state index contributed by atoms with van der Waals surface area (Å²) in [7, 11) is 1.76. The van der Waals surface area contributed by atoms with E-state index in [1.54, 1.807) is 34.6 Å². The summed E-state index contributed by atoms with van der Waals surface area (Å²) in [6.45, 7) is 3.80. The third-order valence-corrected chi connectivity index (χ3v) is 4.06. The van der Waals surface area contributed by atoms with E-state index in [9.17, 15) is 9.59 Å². The molecule has 7 heteroatoms. The molecule has 0 unspecified atom stereocenters. The Morgan fingerprint density at radius 1 is 1.00 bits per heavy atom. The van der Waals surface area contributed by atoms with Gasteiger partial charge in [0.05, 0.1) is 23.1 Å². The van der Waals surface area contributed by atoms with Crippen molar-refractivity contribution in [2.75, 3.05) is 0 Å². The molecule has 1 aromatic carbocycles. The van der Waals surface area contributed by atoms with Crippen molar-refractivity contribution in [1.29, 1.82) is 0 Å². The SMILES string of the molecule is Cc1ccccc1-n1ncc(C(=O)NNC(=O)c2cccn2C)c1C. The first-order valence-electron chi connectivity index (χ1n) is 7.81. The third-order valence-electron chi connectivity index (χ3n) is 4.06. The minimum atomic E-state index is -0.417. The zero-order valence-corrected chi connectivity index (χ0v) is 14.3. The Labute approximate surface area is 145 Å². The maximum atomic E-state index is 12.4. The Kier molecular flexibility index (Phi) is 4.38. The molecule has 0 bridgehead atoms. The Morgan fingerprint density at radius 2 is 1.72 bits per heavy atom. The van der Waals surface area contributed by atoms with Crippen LogP contribution in [0.15, 0.2) is 48.8 Å². The molecule has 0 spiro atoms. The molecule has 3 aromatic rings. The average Bonchev–Trinajstić information content (AvgIpc) is 3.19. The molecule has 0 fully saturated rings. The Morgan fingerprint density at radius 3 is 2.40 bits per heavy atom. The van der Waals surface area contributed by atoms with Gasteiger partial charge in [-0.2, -0.15) is 5.10 Å². The number of hydrogen-bond acceptors (Lipinski definition) is 3. The van der Waals surface area contributed by atoms with Crippen LogP contribution in [0.2, 0.25) is 0 Å². The number of hydrazine groups is 1. The molecule has 2 amide bonds. The first kappa shape index (κ1) is 16.5. The number of carbonyl (C=O) groups is 2. The van der Waals surface area contributed by atoms with Crippen LogP contribution in [0.3, 0.4) is 0 Å². The fraction of sp³-hybridized carbons (Fsp3) is 0.167. The van der Waals surface area contributed by atoms with Crippen LogP contribution in [0.5, 0.6) is 0 Å². The van der Waals surface area contributed by atoms with Gasteiger partial charge in [0.2, 0.25) is 0 Å². The Bertz CT molecular complexity index is 939. The highest BCUT2D eigenvalue weighted by atomic mass is 16.2. The number of nitrogens with one attached hydrogen (secondary N) is 2. The molecule has 0 aliphatic carbocycles. The number of carbonyl (C=O) groups excluding carboxylic acids is 2. The number of nitrogens with zero attached hydrogens (tertiary/aromatic N) is 3. The highest BCUT2D eigenvalue weighted by molar-refractivity contribution is 5.99. The lowest BCUT2D eigenvalue weighted by atomic mass is 10.2. The number of para-hydroxylation sites is 1. The molecule has 7 nitrogen and oxygen atoms in total. The lowest BCUT2D eigenvalue weighted by Crippen LogP contribution is -2.42. The van der Waals surface area contributed by atoms with Gasteiger partial charge in [0.1, 0.15) is 5.69 Å². The molecule has 3 rings (SSSR count). The maximum Gasteiger partial charge on any atom is 0.286 e. The van der Waals surface area contributed by atoms with Gasteiger partial charge in [-0.05, 0) is 37.6 Å². The number of aromatic nitrogens is 3. The van der Waals surface area contributed by atoms with Crippen LogP contribution in [-0.2, 0) is 7.05 Å². The largest absolute Gasteiger partial charge is 0.347 e. The molecule has 25 heavy (non-hydrogen) atoms. The minimum absolute atomic E-state index is 0.384. The molecule has 0 radical (unpaired) electrons. The van der Waals surface area contributed by atoms with E-state index in [4.69, 9.17) is 0 Å². The molecule has 128 valence electrons. The third kappa shape index (κ3) is 3.16. The van der Waals surface area contributed by atoms with Crippen molar-refractivity contribution < 1.29 is 9.59 Å². The zero-order chi connectivity index (χ0) is 18.0. The van der Waals surface area contributed by atoms with Crippen LogP contribution < -0.4 is 10.9 Å². The molecular weight excluding hydrogens is 318 g/mol. The highest BCUT2D eigenvalue weighted by Gasteiger charge is 2.17. The smallest absolute Gasteiger partial charge is 0.286 e. The molecule has 0 saturated carbocycles. The van der Waals surface area contributed by atoms with E-state index < -0.39 is 5.91 Å². The molecule has 2 heterocycles. The van der Waals surface area contributed by atoms with E-state index in [2.05, 4.69) is 16.0 Å². The normalized spacial score (nSPS) is 10.5. The van der Waals surface area contributed by atoms with Crippen LogP contribution >= 0.6 is 0 Å². The fourth-order valence-corrected chi connectivity index (χ4v) is 2.62. The summed E-state index contributed by atoms with van der Waals surface area (Å²) in [4.78, 5) is 24.4. The van der Waals surface area contributed by atoms with Crippen LogP contribution in [0.1, 0.15) is 32.1 Å². The van der Waals surface area contributed by atoms with Gasteiger partial charge in [0.25, 0.3) is 11.8 Å². The monoisotopic (exact) mass is 337 g/mol. The quantitative estimate of drug-likeness (QED) is 0.716. The van der Waals surface area contributed by atoms with E-state index >= 15 is 0 Å². The van der Waals surface area contributed by atoms with Crippen LogP contribution in [0, 0.1) is 13.8 Å². The van der Waals surface area contributed by atoms with E-state index in [-0.39, 0.29) is 5.91 Å². The first-order valence-corrected chi connectivity index (χ1v) is 7.81. The lowest BCUT2D eigenvalue weighted by molar-refractivity contribution is 0.0841. The van der Waals surface area contributed by atoms with Gasteiger partial charge < -0.3 is 4.57 Å². The molecule has 0 atom stereocenters. The summed E-state index contributed by atoms with van der Waals surface area (Å²) in [5, 5.41) is 4.30. The van der Waals surface area contributed by atoms with Crippen molar-refractivity contribution in [2.24, 2.45) is 7.05 Å². The fourth-order valence-electron chi connectivity index (χ4n) is 2.62. The number of rotatable bonds is 3. The summed E-state index contributed by atoms with van der Waals surface area (Å²) in [5.74, 6) is -0.801. The van der Waals surface area contributed by atoms with Gasteiger partial charge in [-0.25, -0.2) is 4.68 Å². The summed E-state index contributed by atoms with van der Waals surface area (Å²) < 4.78 is 3.38. The van der Waals surface area contributed by atoms with Crippen LogP contribution in [-0.4, -0.2) is 26.2 Å². The average molecular weight is 337 g/mol. The van der Waals surface area contributed by atoms with Crippen molar-refractivity contribution in [3.8, 4) is 5.69 Å². The molecule has 0 aliphatic rings. The van der Waals surface area contributed by atoms with E-state index in [0.29, 0.717) is 17.0 Å². The van der Waals surface area contributed by atoms with Gasteiger partial charge in [-0.3, -0.25) is 20.4 Å². The number of benzene rings is 1. The molecular formula is C18H19N5O2. The van der Waals surface area contributed by atoms with Crippen LogP contribution in [0.4, 0.5) is 0 Å². The predicted octanol–water partition coefficient (Wildman–Crippen LogP) is 1.90. The molecule has 2 aromatic heterocycles. The highest BCUT2D eigenvalue weighted by Crippen LogP contribution is 2.17. The number of aryl methyl sites for hydroxylation is 2. The predicted molar refractivity (Wildman–Crippen MR) is 93.4 cm³/mol. The lowest BCUT2D eigenvalue weighted by Gasteiger charge is -2.09. The van der Waals surface area contributed by atoms with Crippen molar-refractivity contribution in [1.82, 2.24) is 25.2 Å². The number of amides is 2. The van der Waals surface area contributed by atoms with Crippen molar-refractivity contribution in [3.05, 3.63) is 71.3 Å². The summed E-state index contributed by atoms with van der Waals surface area (Å²) in [6.07, 6.45) is 3.25. The van der Waals surface area contributed by atoms with Gasteiger partial charge in [0.15, 0.2) is 0 Å². The maximum absolute atomic E-state index is 12.4. The second kappa shape index (κ2) is 6.64. The zero-order valence-electron chi connectivity index (χ0n) is 14.3. The second-order valence-corrected chi connectivity index (χ2v) is 5.75. The molecule has 0 saturated heterocycles. The Balaban J connectivity index is 1.75. The molecule has 2 N–H and O–H groups in total. The second-order valence-electron chi connectivity index (χ2n) is 5.75. The van der Waals surface area contributed by atoms with Gasteiger partial charge >= 0.3 is 0 Å².